The van der Waals surface area contributed by atoms with Gasteiger partial charge >= 0.3 is 0 Å². The first-order valence-electron chi connectivity index (χ1n) is 7.12. The molecule has 1 saturated heterocycles. The number of hydrogen-bond acceptors (Lipinski definition) is 2. The fourth-order valence-electron chi connectivity index (χ4n) is 2.38. The molecule has 1 aromatic carbocycles. The molecule has 0 aliphatic carbocycles. The molecule has 0 bridgehead atoms. The molecule has 108 valence electrons. The minimum absolute atomic E-state index is 0.0118. The maximum Gasteiger partial charge on any atom is 0.227 e. The highest BCUT2D eigenvalue weighted by Crippen LogP contribution is 2.25. The standard InChI is InChI=1S/C16H22N2O2/c1-11(2)9-17-16(20)13-8-15(19)18(10-13)14-6-4-5-12(3)7-14/h4-7,11,13H,8-10H2,1-3H3,(H,17,20)/t13-/m1/s1. The maximum absolute atomic E-state index is 12.1. The number of rotatable bonds is 4. The highest BCUT2D eigenvalue weighted by Gasteiger charge is 2.34. The lowest BCUT2D eigenvalue weighted by Gasteiger charge is -2.17. The third-order valence-electron chi connectivity index (χ3n) is 3.49. The number of amides is 2. The van der Waals surface area contributed by atoms with E-state index in [4.69, 9.17) is 0 Å². The average Bonchev–Trinajstić information content (AvgIpc) is 2.78. The second-order valence-corrected chi connectivity index (χ2v) is 5.88. The summed E-state index contributed by atoms with van der Waals surface area (Å²) in [4.78, 5) is 25.8. The molecule has 0 spiro atoms. The molecule has 1 N–H and O–H groups in total. The third-order valence-corrected chi connectivity index (χ3v) is 3.49. The largest absolute Gasteiger partial charge is 0.356 e. The van der Waals surface area contributed by atoms with Gasteiger partial charge in [-0.1, -0.05) is 26.0 Å². The second-order valence-electron chi connectivity index (χ2n) is 5.88. The van der Waals surface area contributed by atoms with Crippen LogP contribution in [0.5, 0.6) is 0 Å². The van der Waals surface area contributed by atoms with E-state index in [0.717, 1.165) is 11.3 Å². The van der Waals surface area contributed by atoms with Gasteiger partial charge in [-0.15, -0.1) is 0 Å². The lowest BCUT2D eigenvalue weighted by Crippen LogP contribution is -2.35. The average molecular weight is 274 g/mol. The predicted molar refractivity (Wildman–Crippen MR) is 79.5 cm³/mol. The molecule has 1 aliphatic rings. The van der Waals surface area contributed by atoms with Crippen molar-refractivity contribution in [3.05, 3.63) is 29.8 Å². The van der Waals surface area contributed by atoms with Gasteiger partial charge in [-0.3, -0.25) is 9.59 Å². The quantitative estimate of drug-likeness (QED) is 0.914. The summed E-state index contributed by atoms with van der Waals surface area (Å²) < 4.78 is 0. The fourth-order valence-corrected chi connectivity index (χ4v) is 2.38. The van der Waals surface area contributed by atoms with Gasteiger partial charge in [-0.2, -0.15) is 0 Å². The molecule has 0 unspecified atom stereocenters. The van der Waals surface area contributed by atoms with E-state index >= 15 is 0 Å². The molecule has 1 heterocycles. The van der Waals surface area contributed by atoms with E-state index in [0.29, 0.717) is 25.4 Å². The molecule has 20 heavy (non-hydrogen) atoms. The first kappa shape index (κ1) is 14.6. The summed E-state index contributed by atoms with van der Waals surface area (Å²) >= 11 is 0. The Balaban J connectivity index is 2.02. The van der Waals surface area contributed by atoms with E-state index in [1.165, 1.54) is 0 Å². The van der Waals surface area contributed by atoms with Crippen LogP contribution in [-0.2, 0) is 9.59 Å². The number of nitrogens with one attached hydrogen (secondary N) is 1. The van der Waals surface area contributed by atoms with Gasteiger partial charge in [0.1, 0.15) is 0 Å². The highest BCUT2D eigenvalue weighted by molar-refractivity contribution is 6.00. The zero-order valence-corrected chi connectivity index (χ0v) is 12.3. The smallest absolute Gasteiger partial charge is 0.227 e. The van der Waals surface area contributed by atoms with Crippen LogP contribution in [0.2, 0.25) is 0 Å². The van der Waals surface area contributed by atoms with Crippen LogP contribution in [0.4, 0.5) is 5.69 Å². The molecule has 0 radical (unpaired) electrons. The van der Waals surface area contributed by atoms with Gasteiger partial charge in [-0.25, -0.2) is 0 Å². The van der Waals surface area contributed by atoms with E-state index in [2.05, 4.69) is 19.2 Å². The van der Waals surface area contributed by atoms with Gasteiger partial charge in [0.25, 0.3) is 0 Å². The minimum Gasteiger partial charge on any atom is -0.356 e. The SMILES string of the molecule is Cc1cccc(N2C[C@H](C(=O)NCC(C)C)CC2=O)c1. The number of aryl methyl sites for hydroxylation is 1. The summed E-state index contributed by atoms with van der Waals surface area (Å²) in [5.41, 5.74) is 2.00. The van der Waals surface area contributed by atoms with Crippen LogP contribution >= 0.6 is 0 Å². The molecular formula is C16H22N2O2. The van der Waals surface area contributed by atoms with Crippen LogP contribution in [0.3, 0.4) is 0 Å². The Morgan fingerprint density at radius 3 is 2.85 bits per heavy atom. The Morgan fingerprint density at radius 2 is 2.20 bits per heavy atom. The summed E-state index contributed by atoms with van der Waals surface area (Å²) in [7, 11) is 0. The normalized spacial score (nSPS) is 18.7. The Morgan fingerprint density at radius 1 is 1.45 bits per heavy atom. The number of hydrogen-bond donors (Lipinski definition) is 1. The van der Waals surface area contributed by atoms with Crippen molar-refractivity contribution in [1.29, 1.82) is 0 Å². The topological polar surface area (TPSA) is 49.4 Å². The van der Waals surface area contributed by atoms with Crippen molar-refractivity contribution in [1.82, 2.24) is 5.32 Å². The predicted octanol–water partition coefficient (Wildman–Crippen LogP) is 2.12. The Hall–Kier alpha value is -1.84. The van der Waals surface area contributed by atoms with Crippen molar-refractivity contribution in [3.8, 4) is 0 Å². The van der Waals surface area contributed by atoms with E-state index in [9.17, 15) is 9.59 Å². The fraction of sp³-hybridized carbons (Fsp3) is 0.500. The van der Waals surface area contributed by atoms with E-state index in [-0.39, 0.29) is 17.7 Å². The second kappa shape index (κ2) is 6.07. The number of benzene rings is 1. The summed E-state index contributed by atoms with van der Waals surface area (Å²) in [6.07, 6.45) is 0.303. The van der Waals surface area contributed by atoms with Crippen LogP contribution in [-0.4, -0.2) is 24.9 Å². The summed E-state index contributed by atoms with van der Waals surface area (Å²) in [6, 6.07) is 7.83. The molecule has 1 aliphatic heterocycles. The van der Waals surface area contributed by atoms with Crippen LogP contribution in [0.25, 0.3) is 0 Å². The van der Waals surface area contributed by atoms with Crippen LogP contribution in [0.1, 0.15) is 25.8 Å². The first-order chi connectivity index (χ1) is 9.47. The monoisotopic (exact) mass is 274 g/mol. The molecular weight excluding hydrogens is 252 g/mol. The molecule has 1 atom stereocenters. The van der Waals surface area contributed by atoms with E-state index in [1.807, 2.05) is 31.2 Å². The molecule has 1 fully saturated rings. The van der Waals surface area contributed by atoms with Gasteiger partial charge < -0.3 is 10.2 Å². The number of nitrogens with zero attached hydrogens (tertiary/aromatic N) is 1. The molecule has 4 heteroatoms. The molecule has 4 nitrogen and oxygen atoms in total. The highest BCUT2D eigenvalue weighted by atomic mass is 16.2. The van der Waals surface area contributed by atoms with Gasteiger partial charge in [0.2, 0.25) is 11.8 Å². The van der Waals surface area contributed by atoms with Crippen molar-refractivity contribution in [3.63, 3.8) is 0 Å². The van der Waals surface area contributed by atoms with Gasteiger partial charge in [-0.05, 0) is 30.5 Å². The van der Waals surface area contributed by atoms with Crippen molar-refractivity contribution in [2.75, 3.05) is 18.0 Å². The molecule has 1 aromatic rings. The van der Waals surface area contributed by atoms with Crippen molar-refractivity contribution >= 4 is 17.5 Å². The summed E-state index contributed by atoms with van der Waals surface area (Å²) in [5.74, 6) is 0.202. The van der Waals surface area contributed by atoms with Crippen molar-refractivity contribution in [2.45, 2.75) is 27.2 Å². The van der Waals surface area contributed by atoms with Gasteiger partial charge in [0, 0.05) is 25.2 Å². The number of anilines is 1. The van der Waals surface area contributed by atoms with Crippen LogP contribution < -0.4 is 10.2 Å². The third kappa shape index (κ3) is 3.38. The Kier molecular flexibility index (Phi) is 4.42. The summed E-state index contributed by atoms with van der Waals surface area (Å²) in [6.45, 7) is 7.25. The maximum atomic E-state index is 12.1. The first-order valence-corrected chi connectivity index (χ1v) is 7.12. The van der Waals surface area contributed by atoms with E-state index in [1.54, 1.807) is 4.90 Å². The van der Waals surface area contributed by atoms with Crippen molar-refractivity contribution < 1.29 is 9.59 Å². The molecule has 2 amide bonds. The zero-order valence-electron chi connectivity index (χ0n) is 12.3. The van der Waals surface area contributed by atoms with E-state index < -0.39 is 0 Å². The lowest BCUT2D eigenvalue weighted by molar-refractivity contribution is -0.126. The molecule has 0 saturated carbocycles. The summed E-state index contributed by atoms with van der Waals surface area (Å²) in [5, 5.41) is 2.91. The van der Waals surface area contributed by atoms with Gasteiger partial charge in [0.05, 0.1) is 5.92 Å². The Bertz CT molecular complexity index is 511. The molecule has 0 aromatic heterocycles. The van der Waals surface area contributed by atoms with Gasteiger partial charge in [0.15, 0.2) is 0 Å². The molecule has 2 rings (SSSR count). The van der Waals surface area contributed by atoms with Crippen molar-refractivity contribution in [2.24, 2.45) is 11.8 Å². The zero-order chi connectivity index (χ0) is 14.7. The Labute approximate surface area is 120 Å². The lowest BCUT2D eigenvalue weighted by atomic mass is 10.1. The number of carbonyl (C=O) groups excluding carboxylic acids is 2. The van der Waals surface area contributed by atoms with Crippen LogP contribution in [0.15, 0.2) is 24.3 Å². The van der Waals surface area contributed by atoms with Crippen LogP contribution in [0, 0.1) is 18.8 Å². The minimum atomic E-state index is -0.234. The number of carbonyl (C=O) groups is 2.